The number of likely N-dealkylation sites (tertiary alicyclic amines) is 1. The van der Waals surface area contributed by atoms with Crippen molar-refractivity contribution in [2.45, 2.75) is 51.8 Å². The normalized spacial score (nSPS) is 16.6. The minimum Gasteiger partial charge on any atom is -0.462 e. The molecule has 0 unspecified atom stereocenters. The quantitative estimate of drug-likeness (QED) is 0.523. The van der Waals surface area contributed by atoms with Crippen molar-refractivity contribution in [2.24, 2.45) is 0 Å². The summed E-state index contributed by atoms with van der Waals surface area (Å²) in [5.74, 6) is 0. The van der Waals surface area contributed by atoms with Crippen LogP contribution in [0.1, 0.15) is 39.2 Å². The van der Waals surface area contributed by atoms with Gasteiger partial charge >= 0.3 is 6.09 Å². The summed E-state index contributed by atoms with van der Waals surface area (Å²) in [6.07, 6.45) is 1.54. The molecule has 1 aliphatic heterocycles. The number of fused-ring (bicyclic) bond motifs is 1. The minimum atomic E-state index is -0.516. The van der Waals surface area contributed by atoms with Crippen LogP contribution in [-0.4, -0.2) is 45.3 Å². The van der Waals surface area contributed by atoms with Crippen LogP contribution in [0.3, 0.4) is 0 Å². The van der Waals surface area contributed by atoms with Crippen LogP contribution in [0.15, 0.2) is 48.5 Å². The number of hydrogen-bond acceptors (Lipinski definition) is 4. The van der Waals surface area contributed by atoms with E-state index in [1.807, 2.05) is 69.3 Å². The molecule has 1 aromatic heterocycles. The Bertz CT molecular complexity index is 1060. The molecule has 0 aliphatic carbocycles. The van der Waals surface area contributed by atoms with E-state index in [1.54, 1.807) is 4.90 Å². The molecule has 3 aromatic rings. The zero-order chi connectivity index (χ0) is 22.0. The van der Waals surface area contributed by atoms with Crippen molar-refractivity contribution in [2.75, 3.05) is 13.2 Å². The molecule has 0 spiro atoms. The number of benzene rings is 2. The second-order valence-electron chi connectivity index (χ2n) is 8.88. The van der Waals surface area contributed by atoms with E-state index in [9.17, 15) is 4.79 Å². The van der Waals surface area contributed by atoms with Crippen LogP contribution < -0.4 is 4.74 Å². The highest BCUT2D eigenvalue weighted by molar-refractivity contribution is 6.30. The summed E-state index contributed by atoms with van der Waals surface area (Å²) in [7, 11) is 0. The first-order chi connectivity index (χ1) is 14.8. The molecule has 6 nitrogen and oxygen atoms in total. The zero-order valence-electron chi connectivity index (χ0n) is 18.2. The van der Waals surface area contributed by atoms with Crippen LogP contribution in [0, 0.1) is 0 Å². The van der Waals surface area contributed by atoms with E-state index < -0.39 is 5.60 Å². The van der Waals surface area contributed by atoms with Crippen LogP contribution in [0.5, 0.6) is 6.01 Å². The van der Waals surface area contributed by atoms with Crippen molar-refractivity contribution in [3.8, 4) is 6.01 Å². The lowest BCUT2D eigenvalue weighted by atomic mass is 10.2. The number of carbonyl (C=O) groups excluding carboxylic acids is 1. The van der Waals surface area contributed by atoms with Crippen LogP contribution in [0.2, 0.25) is 5.02 Å². The standard InChI is InChI=1S/C24H28ClN3O3/c1-24(2,3)31-23(29)27-14-6-7-19(27)16-30-22-26-20-8-4-5-9-21(20)28(22)15-17-10-12-18(25)13-11-17/h4-5,8-13,19H,6-7,14-16H2,1-3H3/t19-/m0/s1. The summed E-state index contributed by atoms with van der Waals surface area (Å²) in [6.45, 7) is 7.32. The maximum Gasteiger partial charge on any atom is 0.410 e. The number of nitrogens with zero attached hydrogens (tertiary/aromatic N) is 3. The van der Waals surface area contributed by atoms with Gasteiger partial charge in [-0.1, -0.05) is 35.9 Å². The van der Waals surface area contributed by atoms with Gasteiger partial charge in [0.2, 0.25) is 0 Å². The van der Waals surface area contributed by atoms with Crippen molar-refractivity contribution in [3.05, 3.63) is 59.1 Å². The Balaban J connectivity index is 1.53. The molecular formula is C24H28ClN3O3. The maximum atomic E-state index is 12.6. The van der Waals surface area contributed by atoms with Crippen LogP contribution in [0.4, 0.5) is 4.79 Å². The number of amides is 1. The molecule has 1 fully saturated rings. The first kappa shape index (κ1) is 21.5. The number of para-hydroxylation sites is 2. The van der Waals surface area contributed by atoms with E-state index in [0.29, 0.717) is 30.7 Å². The molecule has 0 saturated carbocycles. The van der Waals surface area contributed by atoms with Crippen LogP contribution in [-0.2, 0) is 11.3 Å². The highest BCUT2D eigenvalue weighted by Crippen LogP contribution is 2.26. The van der Waals surface area contributed by atoms with Gasteiger partial charge < -0.3 is 14.4 Å². The van der Waals surface area contributed by atoms with Gasteiger partial charge in [0, 0.05) is 11.6 Å². The van der Waals surface area contributed by atoms with Gasteiger partial charge in [0.25, 0.3) is 6.01 Å². The molecular weight excluding hydrogens is 414 g/mol. The van der Waals surface area contributed by atoms with E-state index in [2.05, 4.69) is 4.57 Å². The second-order valence-corrected chi connectivity index (χ2v) is 9.31. The Morgan fingerprint density at radius 3 is 2.65 bits per heavy atom. The molecule has 1 saturated heterocycles. The number of ether oxygens (including phenoxy) is 2. The van der Waals surface area contributed by atoms with Gasteiger partial charge in [-0.05, 0) is 63.4 Å². The number of rotatable bonds is 5. The lowest BCUT2D eigenvalue weighted by molar-refractivity contribution is 0.0183. The lowest BCUT2D eigenvalue weighted by Gasteiger charge is -2.28. The van der Waals surface area contributed by atoms with Gasteiger partial charge in [-0.15, -0.1) is 0 Å². The van der Waals surface area contributed by atoms with E-state index in [0.717, 1.165) is 29.4 Å². The van der Waals surface area contributed by atoms with Crippen molar-refractivity contribution >= 4 is 28.7 Å². The molecule has 0 N–H and O–H groups in total. The molecule has 1 aliphatic rings. The number of imidazole rings is 1. The Morgan fingerprint density at radius 2 is 1.90 bits per heavy atom. The van der Waals surface area contributed by atoms with Gasteiger partial charge in [0.05, 0.1) is 23.6 Å². The third kappa shape index (κ3) is 5.13. The van der Waals surface area contributed by atoms with Crippen LogP contribution >= 0.6 is 11.6 Å². The molecule has 0 radical (unpaired) electrons. The fourth-order valence-corrected chi connectivity index (χ4v) is 3.96. The second kappa shape index (κ2) is 8.79. The number of hydrogen-bond donors (Lipinski definition) is 0. The topological polar surface area (TPSA) is 56.6 Å². The maximum absolute atomic E-state index is 12.6. The smallest absolute Gasteiger partial charge is 0.410 e. The van der Waals surface area contributed by atoms with E-state index in [-0.39, 0.29) is 12.1 Å². The largest absolute Gasteiger partial charge is 0.462 e. The molecule has 2 aromatic carbocycles. The summed E-state index contributed by atoms with van der Waals surface area (Å²) >= 11 is 6.04. The molecule has 164 valence electrons. The Hall–Kier alpha value is -2.73. The number of aromatic nitrogens is 2. The number of halogens is 1. The molecule has 1 atom stereocenters. The Morgan fingerprint density at radius 1 is 1.16 bits per heavy atom. The van der Waals surface area contributed by atoms with Gasteiger partial charge in [0.1, 0.15) is 12.2 Å². The third-order valence-electron chi connectivity index (χ3n) is 5.28. The average Bonchev–Trinajstić information content (AvgIpc) is 3.32. The van der Waals surface area contributed by atoms with Gasteiger partial charge in [0.15, 0.2) is 0 Å². The number of carbonyl (C=O) groups is 1. The first-order valence-electron chi connectivity index (χ1n) is 10.6. The Labute approximate surface area is 187 Å². The molecule has 31 heavy (non-hydrogen) atoms. The SMILES string of the molecule is CC(C)(C)OC(=O)N1CCC[C@H]1COc1nc2ccccc2n1Cc1ccc(Cl)cc1. The van der Waals surface area contributed by atoms with Crippen molar-refractivity contribution in [1.82, 2.24) is 14.5 Å². The predicted molar refractivity (Wildman–Crippen MR) is 122 cm³/mol. The lowest BCUT2D eigenvalue weighted by Crippen LogP contribution is -2.42. The summed E-state index contributed by atoms with van der Waals surface area (Å²) in [6, 6.07) is 16.3. The van der Waals surface area contributed by atoms with Gasteiger partial charge in [-0.25, -0.2) is 4.79 Å². The van der Waals surface area contributed by atoms with Gasteiger partial charge in [-0.3, -0.25) is 4.57 Å². The minimum absolute atomic E-state index is 0.0290. The molecule has 7 heteroatoms. The Kier molecular flexibility index (Phi) is 6.10. The van der Waals surface area contributed by atoms with Gasteiger partial charge in [-0.2, -0.15) is 4.98 Å². The fraction of sp³-hybridized carbons (Fsp3) is 0.417. The zero-order valence-corrected chi connectivity index (χ0v) is 18.9. The first-order valence-corrected chi connectivity index (χ1v) is 11.0. The summed E-state index contributed by atoms with van der Waals surface area (Å²) < 4.78 is 13.8. The average molecular weight is 442 g/mol. The van der Waals surface area contributed by atoms with Crippen molar-refractivity contribution < 1.29 is 14.3 Å². The van der Waals surface area contributed by atoms with E-state index in [4.69, 9.17) is 26.1 Å². The molecule has 2 heterocycles. The fourth-order valence-electron chi connectivity index (χ4n) is 3.83. The molecule has 0 bridgehead atoms. The summed E-state index contributed by atoms with van der Waals surface area (Å²) in [5.41, 5.74) is 2.47. The van der Waals surface area contributed by atoms with E-state index >= 15 is 0 Å². The van der Waals surface area contributed by atoms with Crippen molar-refractivity contribution in [1.29, 1.82) is 0 Å². The van der Waals surface area contributed by atoms with Crippen molar-refractivity contribution in [3.63, 3.8) is 0 Å². The molecule has 1 amide bonds. The predicted octanol–water partition coefficient (Wildman–Crippen LogP) is 5.52. The molecule has 4 rings (SSSR count). The van der Waals surface area contributed by atoms with Crippen LogP contribution in [0.25, 0.3) is 11.0 Å². The monoisotopic (exact) mass is 441 g/mol. The third-order valence-corrected chi connectivity index (χ3v) is 5.54. The van der Waals surface area contributed by atoms with E-state index in [1.165, 1.54) is 0 Å². The summed E-state index contributed by atoms with van der Waals surface area (Å²) in [4.78, 5) is 19.0. The summed E-state index contributed by atoms with van der Waals surface area (Å²) in [5, 5.41) is 0.708. The highest BCUT2D eigenvalue weighted by atomic mass is 35.5. The highest BCUT2D eigenvalue weighted by Gasteiger charge is 2.33.